The van der Waals surface area contributed by atoms with E-state index >= 15 is 0 Å². The Morgan fingerprint density at radius 3 is 2.62 bits per heavy atom. The lowest BCUT2D eigenvalue weighted by Crippen LogP contribution is -2.41. The first-order valence-corrected chi connectivity index (χ1v) is 7.51. The number of ether oxygens (including phenoxy) is 1. The summed E-state index contributed by atoms with van der Waals surface area (Å²) in [6, 6.07) is 3.92. The largest absolute Gasteiger partial charge is 0.452 e. The molecule has 0 spiro atoms. The van der Waals surface area contributed by atoms with Crippen LogP contribution in [0.4, 0.5) is 4.39 Å². The third kappa shape index (κ3) is 7.73. The molecule has 24 heavy (non-hydrogen) atoms. The van der Waals surface area contributed by atoms with Crippen molar-refractivity contribution in [3.63, 3.8) is 0 Å². The molecule has 1 aromatic carbocycles. The molecule has 0 heterocycles. The fraction of sp³-hybridized carbons (Fsp3) is 0.312. The smallest absolute Gasteiger partial charge is 0.331 e. The first kappa shape index (κ1) is 19.6. The molecule has 0 radical (unpaired) electrons. The van der Waals surface area contributed by atoms with E-state index in [1.54, 1.807) is 13.8 Å². The fourth-order valence-corrected chi connectivity index (χ4v) is 1.76. The second kappa shape index (κ2) is 9.67. The summed E-state index contributed by atoms with van der Waals surface area (Å²) in [5.74, 6) is -2.25. The average molecular weight is 357 g/mol. The maximum atomic E-state index is 13.0. The van der Waals surface area contributed by atoms with E-state index in [-0.39, 0.29) is 23.5 Å². The second-order valence-electron chi connectivity index (χ2n) is 5.11. The third-order valence-electron chi connectivity index (χ3n) is 2.60. The number of esters is 1. The van der Waals surface area contributed by atoms with Crippen LogP contribution in [0.5, 0.6) is 0 Å². The van der Waals surface area contributed by atoms with Gasteiger partial charge >= 0.3 is 5.97 Å². The van der Waals surface area contributed by atoms with E-state index in [1.807, 2.05) is 0 Å². The molecular formula is C16H18ClFN2O4. The molecule has 0 aromatic heterocycles. The highest BCUT2D eigenvalue weighted by molar-refractivity contribution is 6.30. The van der Waals surface area contributed by atoms with Crippen LogP contribution in [0.3, 0.4) is 0 Å². The molecular weight excluding hydrogens is 339 g/mol. The summed E-state index contributed by atoms with van der Waals surface area (Å²) in [5.41, 5.74) is 0.508. The summed E-state index contributed by atoms with van der Waals surface area (Å²) < 4.78 is 17.7. The summed E-state index contributed by atoms with van der Waals surface area (Å²) in [6.45, 7) is 2.88. The van der Waals surface area contributed by atoms with Crippen LogP contribution in [-0.4, -0.2) is 37.0 Å². The van der Waals surface area contributed by atoms with Crippen LogP contribution >= 0.6 is 11.6 Å². The number of rotatable bonds is 7. The van der Waals surface area contributed by atoms with Gasteiger partial charge in [0.25, 0.3) is 5.91 Å². The highest BCUT2D eigenvalue weighted by Crippen LogP contribution is 2.16. The van der Waals surface area contributed by atoms with Crippen LogP contribution in [0.25, 0.3) is 6.08 Å². The Morgan fingerprint density at radius 2 is 2.00 bits per heavy atom. The van der Waals surface area contributed by atoms with Gasteiger partial charge in [0.05, 0.1) is 11.6 Å². The molecule has 8 heteroatoms. The summed E-state index contributed by atoms with van der Waals surface area (Å²) in [4.78, 5) is 34.2. The summed E-state index contributed by atoms with van der Waals surface area (Å²) in [6.07, 6.45) is 2.46. The molecule has 0 aliphatic heterocycles. The maximum Gasteiger partial charge on any atom is 0.331 e. The molecule has 0 aliphatic rings. The highest BCUT2D eigenvalue weighted by atomic mass is 35.5. The number of hydrogen-bond acceptors (Lipinski definition) is 4. The second-order valence-corrected chi connectivity index (χ2v) is 5.52. The monoisotopic (exact) mass is 356 g/mol. The zero-order valence-electron chi connectivity index (χ0n) is 13.3. The Hall–Kier alpha value is -2.41. The van der Waals surface area contributed by atoms with Crippen molar-refractivity contribution < 1.29 is 23.5 Å². The Labute approximate surface area is 144 Å². The molecule has 0 unspecified atom stereocenters. The van der Waals surface area contributed by atoms with Gasteiger partial charge in [-0.15, -0.1) is 0 Å². The van der Waals surface area contributed by atoms with Crippen LogP contribution in [0, 0.1) is 5.82 Å². The molecule has 0 atom stereocenters. The van der Waals surface area contributed by atoms with E-state index in [0.717, 1.165) is 6.08 Å². The first-order chi connectivity index (χ1) is 11.3. The number of nitrogens with one attached hydrogen (secondary N) is 2. The number of benzene rings is 1. The van der Waals surface area contributed by atoms with Crippen LogP contribution < -0.4 is 10.6 Å². The molecule has 1 aromatic rings. The molecule has 0 fully saturated rings. The van der Waals surface area contributed by atoms with E-state index in [0.29, 0.717) is 5.56 Å². The van der Waals surface area contributed by atoms with Gasteiger partial charge in [-0.05, 0) is 37.6 Å². The third-order valence-corrected chi connectivity index (χ3v) is 2.89. The molecule has 0 saturated carbocycles. The SMILES string of the molecule is CC(C)NC(=O)CNC(=O)COC(=O)/C=C/c1ccc(F)c(Cl)c1. The van der Waals surface area contributed by atoms with Gasteiger partial charge in [0.1, 0.15) is 5.82 Å². The molecule has 1 rings (SSSR count). The number of carbonyl (C=O) groups excluding carboxylic acids is 3. The number of amides is 2. The minimum Gasteiger partial charge on any atom is -0.452 e. The van der Waals surface area contributed by atoms with Gasteiger partial charge < -0.3 is 15.4 Å². The highest BCUT2D eigenvalue weighted by Gasteiger charge is 2.08. The first-order valence-electron chi connectivity index (χ1n) is 7.14. The summed E-state index contributed by atoms with van der Waals surface area (Å²) in [5, 5.41) is 4.85. The van der Waals surface area contributed by atoms with Gasteiger partial charge in [0.2, 0.25) is 5.91 Å². The predicted octanol–water partition coefficient (Wildman–Crippen LogP) is 1.68. The van der Waals surface area contributed by atoms with Crippen molar-refractivity contribution in [2.24, 2.45) is 0 Å². The molecule has 2 amide bonds. The summed E-state index contributed by atoms with van der Waals surface area (Å²) >= 11 is 5.61. The minimum atomic E-state index is -0.753. The van der Waals surface area contributed by atoms with Crippen molar-refractivity contribution in [1.82, 2.24) is 10.6 Å². The molecule has 0 aliphatic carbocycles. The quantitative estimate of drug-likeness (QED) is 0.575. The molecule has 6 nitrogen and oxygen atoms in total. The lowest BCUT2D eigenvalue weighted by molar-refractivity contribution is -0.143. The van der Waals surface area contributed by atoms with Gasteiger partial charge in [-0.1, -0.05) is 17.7 Å². The van der Waals surface area contributed by atoms with Gasteiger partial charge in [0, 0.05) is 12.1 Å². The Balaban J connectivity index is 2.34. The van der Waals surface area contributed by atoms with Crippen molar-refractivity contribution in [3.8, 4) is 0 Å². The lowest BCUT2D eigenvalue weighted by atomic mass is 10.2. The van der Waals surface area contributed by atoms with Gasteiger partial charge in [-0.2, -0.15) is 0 Å². The normalized spacial score (nSPS) is 10.7. The lowest BCUT2D eigenvalue weighted by Gasteiger charge is -2.09. The van der Waals surface area contributed by atoms with Crippen LogP contribution in [0.15, 0.2) is 24.3 Å². The number of hydrogen-bond donors (Lipinski definition) is 2. The maximum absolute atomic E-state index is 13.0. The average Bonchev–Trinajstić information content (AvgIpc) is 2.51. The topological polar surface area (TPSA) is 84.5 Å². The van der Waals surface area contributed by atoms with E-state index in [9.17, 15) is 18.8 Å². The molecule has 2 N–H and O–H groups in total. The van der Waals surface area contributed by atoms with Gasteiger partial charge in [-0.3, -0.25) is 9.59 Å². The zero-order chi connectivity index (χ0) is 18.1. The standard InChI is InChI=1S/C16H18ClFN2O4/c1-10(2)20-14(21)8-19-15(22)9-24-16(23)6-4-11-3-5-13(18)12(17)7-11/h3-7,10H,8-9H2,1-2H3,(H,19,22)(H,20,21)/b6-4+. The fourth-order valence-electron chi connectivity index (χ4n) is 1.57. The van der Waals surface area contributed by atoms with Crippen molar-refractivity contribution in [3.05, 3.63) is 40.7 Å². The van der Waals surface area contributed by atoms with Gasteiger partial charge in [0.15, 0.2) is 6.61 Å². The molecule has 0 bridgehead atoms. The summed E-state index contributed by atoms with van der Waals surface area (Å²) in [7, 11) is 0. The van der Waals surface area contributed by atoms with E-state index in [1.165, 1.54) is 24.3 Å². The molecule has 130 valence electrons. The van der Waals surface area contributed by atoms with Crippen molar-refractivity contribution in [2.75, 3.05) is 13.2 Å². The number of carbonyl (C=O) groups is 3. The van der Waals surface area contributed by atoms with Crippen molar-refractivity contribution in [2.45, 2.75) is 19.9 Å². The Kier molecular flexibility index (Phi) is 7.91. The zero-order valence-corrected chi connectivity index (χ0v) is 14.0. The minimum absolute atomic E-state index is 0.0302. The van der Waals surface area contributed by atoms with Crippen LogP contribution in [-0.2, 0) is 19.1 Å². The van der Waals surface area contributed by atoms with Crippen molar-refractivity contribution >= 4 is 35.5 Å². The molecule has 0 saturated heterocycles. The number of halogens is 2. The Bertz CT molecular complexity index is 647. The van der Waals surface area contributed by atoms with Gasteiger partial charge in [-0.25, -0.2) is 9.18 Å². The predicted molar refractivity (Wildman–Crippen MR) is 87.7 cm³/mol. The van der Waals surface area contributed by atoms with Crippen LogP contribution in [0.2, 0.25) is 5.02 Å². The van der Waals surface area contributed by atoms with Crippen LogP contribution in [0.1, 0.15) is 19.4 Å². The Morgan fingerprint density at radius 1 is 1.29 bits per heavy atom. The van der Waals surface area contributed by atoms with E-state index in [4.69, 9.17) is 16.3 Å². The van der Waals surface area contributed by atoms with E-state index < -0.39 is 24.3 Å². The van der Waals surface area contributed by atoms with Crippen molar-refractivity contribution in [1.29, 1.82) is 0 Å². The van der Waals surface area contributed by atoms with E-state index in [2.05, 4.69) is 10.6 Å².